The molecule has 172 valence electrons. The van der Waals surface area contributed by atoms with Crippen LogP contribution in [0.4, 0.5) is 5.69 Å². The lowest BCUT2D eigenvalue weighted by molar-refractivity contribution is -0.139. The number of Topliss-reactive ketones (excluding diaryl/α,β-unsaturated/α-hetero) is 1. The number of likely N-dealkylation sites (tertiary alicyclic amines) is 1. The van der Waals surface area contributed by atoms with Gasteiger partial charge in [0, 0.05) is 26.1 Å². The van der Waals surface area contributed by atoms with Crippen molar-refractivity contribution in [2.45, 2.75) is 26.3 Å². The number of esters is 1. The van der Waals surface area contributed by atoms with Crippen molar-refractivity contribution < 1.29 is 29.0 Å². The van der Waals surface area contributed by atoms with Crippen molar-refractivity contribution >= 4 is 29.1 Å². The van der Waals surface area contributed by atoms with E-state index in [-0.39, 0.29) is 11.3 Å². The number of ketones is 1. The number of aliphatic hydroxyl groups is 1. The van der Waals surface area contributed by atoms with Crippen LogP contribution in [0, 0.1) is 0 Å². The minimum absolute atomic E-state index is 0.0352. The van der Waals surface area contributed by atoms with Crippen LogP contribution in [0.5, 0.6) is 11.5 Å². The van der Waals surface area contributed by atoms with Gasteiger partial charge >= 0.3 is 5.97 Å². The van der Waals surface area contributed by atoms with Crippen LogP contribution in [0.1, 0.15) is 37.4 Å². The minimum Gasteiger partial charge on any atom is -0.507 e. The smallest absolute Gasteiger partial charge is 0.308 e. The van der Waals surface area contributed by atoms with Crippen LogP contribution in [0.15, 0.2) is 48.0 Å². The summed E-state index contributed by atoms with van der Waals surface area (Å²) in [6.45, 7) is 4.86. The first kappa shape index (κ1) is 22.4. The van der Waals surface area contributed by atoms with Crippen molar-refractivity contribution in [1.82, 2.24) is 4.90 Å². The Labute approximate surface area is 192 Å². The molecule has 0 aliphatic carbocycles. The number of aliphatic hydroxyl groups excluding tert-OH is 1. The molecule has 0 spiro atoms. The van der Waals surface area contributed by atoms with Gasteiger partial charge in [0.05, 0.1) is 23.8 Å². The van der Waals surface area contributed by atoms with E-state index in [0.29, 0.717) is 48.7 Å². The maximum absolute atomic E-state index is 13.0. The highest BCUT2D eigenvalue weighted by Crippen LogP contribution is 2.41. The molecule has 0 aromatic heterocycles. The quantitative estimate of drug-likeness (QED) is 0.246. The molecule has 33 heavy (non-hydrogen) atoms. The zero-order chi connectivity index (χ0) is 23.7. The fourth-order valence-electron chi connectivity index (χ4n) is 4.24. The molecule has 0 saturated carbocycles. The van der Waals surface area contributed by atoms with Gasteiger partial charge in [-0.1, -0.05) is 19.1 Å². The molecule has 1 saturated heterocycles. The summed E-state index contributed by atoms with van der Waals surface area (Å²) in [6.07, 6.45) is 0.649. The van der Waals surface area contributed by atoms with Crippen molar-refractivity contribution in [3.63, 3.8) is 0 Å². The third-order valence-electron chi connectivity index (χ3n) is 5.79. The second kappa shape index (κ2) is 8.97. The predicted molar refractivity (Wildman–Crippen MR) is 122 cm³/mol. The second-order valence-electron chi connectivity index (χ2n) is 8.11. The van der Waals surface area contributed by atoms with Crippen LogP contribution < -0.4 is 14.4 Å². The Kier molecular flexibility index (Phi) is 6.09. The lowest BCUT2D eigenvalue weighted by Gasteiger charge is -2.28. The molecule has 1 unspecified atom stereocenters. The van der Waals surface area contributed by atoms with Gasteiger partial charge < -0.3 is 24.4 Å². The zero-order valence-corrected chi connectivity index (χ0v) is 18.8. The van der Waals surface area contributed by atoms with Gasteiger partial charge in [0.2, 0.25) is 0 Å². The van der Waals surface area contributed by atoms with Crippen molar-refractivity contribution in [2.24, 2.45) is 0 Å². The number of hydrogen-bond donors (Lipinski definition) is 1. The van der Waals surface area contributed by atoms with Crippen LogP contribution in [-0.2, 0) is 14.4 Å². The van der Waals surface area contributed by atoms with E-state index in [1.165, 1.54) is 11.8 Å². The monoisotopic (exact) mass is 450 g/mol. The topological polar surface area (TPSA) is 96.4 Å². The molecule has 0 bridgehead atoms. The van der Waals surface area contributed by atoms with Crippen molar-refractivity contribution in [2.75, 3.05) is 31.6 Å². The van der Waals surface area contributed by atoms with Gasteiger partial charge in [0.15, 0.2) is 0 Å². The van der Waals surface area contributed by atoms with Gasteiger partial charge in [-0.3, -0.25) is 14.4 Å². The summed E-state index contributed by atoms with van der Waals surface area (Å²) in [5.41, 5.74) is 1.91. The number of likely N-dealkylation sites (N-methyl/N-ethyl adjacent to an activating group) is 1. The molecule has 2 aromatic carbocycles. The molecule has 1 atom stereocenters. The Balaban J connectivity index is 1.81. The van der Waals surface area contributed by atoms with E-state index in [2.05, 4.69) is 0 Å². The molecule has 8 heteroatoms. The third kappa shape index (κ3) is 4.16. The van der Waals surface area contributed by atoms with Crippen molar-refractivity contribution in [1.29, 1.82) is 0 Å². The number of hydrogen-bond acceptors (Lipinski definition) is 7. The fourth-order valence-corrected chi connectivity index (χ4v) is 4.24. The summed E-state index contributed by atoms with van der Waals surface area (Å²) in [5.74, 6) is -0.993. The van der Waals surface area contributed by atoms with Crippen molar-refractivity contribution in [3.8, 4) is 11.5 Å². The lowest BCUT2D eigenvalue weighted by Crippen LogP contribution is -2.30. The number of fused-ring (bicyclic) bond motifs is 1. The van der Waals surface area contributed by atoms with E-state index >= 15 is 0 Å². The predicted octanol–water partition coefficient (Wildman–Crippen LogP) is 3.27. The highest BCUT2D eigenvalue weighted by atomic mass is 16.5. The Morgan fingerprint density at radius 3 is 2.58 bits per heavy atom. The summed E-state index contributed by atoms with van der Waals surface area (Å²) in [7, 11) is 1.93. The minimum atomic E-state index is -0.749. The van der Waals surface area contributed by atoms with Crippen LogP contribution in [0.25, 0.3) is 5.76 Å². The summed E-state index contributed by atoms with van der Waals surface area (Å²) < 4.78 is 10.8. The first-order chi connectivity index (χ1) is 15.8. The molecule has 2 aliphatic heterocycles. The highest BCUT2D eigenvalue weighted by molar-refractivity contribution is 6.46. The molecular formula is C25H26N2O6. The highest BCUT2D eigenvalue weighted by Gasteiger charge is 2.45. The van der Waals surface area contributed by atoms with E-state index in [9.17, 15) is 19.5 Å². The Hall–Kier alpha value is -3.81. The molecule has 2 aliphatic rings. The van der Waals surface area contributed by atoms with E-state index in [0.717, 1.165) is 5.69 Å². The van der Waals surface area contributed by atoms with Gasteiger partial charge in [-0.25, -0.2) is 0 Å². The molecule has 8 nitrogen and oxygen atoms in total. The van der Waals surface area contributed by atoms with Crippen LogP contribution >= 0.6 is 0 Å². The SMILES string of the molecule is CCCN1C(=O)C(=O)/C(=C(\O)c2ccc3c(c2)N(C)CCO3)C1c1ccc(OC(C)=O)cc1. The van der Waals surface area contributed by atoms with Crippen LogP contribution in [0.2, 0.25) is 0 Å². The van der Waals surface area contributed by atoms with E-state index in [4.69, 9.17) is 9.47 Å². The Morgan fingerprint density at radius 2 is 1.91 bits per heavy atom. The average Bonchev–Trinajstić information content (AvgIpc) is 3.04. The maximum atomic E-state index is 13.0. The molecule has 1 amide bonds. The summed E-state index contributed by atoms with van der Waals surface area (Å²) >= 11 is 0. The van der Waals surface area contributed by atoms with Gasteiger partial charge in [-0.2, -0.15) is 0 Å². The maximum Gasteiger partial charge on any atom is 0.308 e. The molecule has 2 heterocycles. The Bertz CT molecular complexity index is 1140. The molecule has 0 radical (unpaired) electrons. The number of carbonyl (C=O) groups excluding carboxylic acids is 3. The summed E-state index contributed by atoms with van der Waals surface area (Å²) in [6, 6.07) is 11.0. The normalized spacial score (nSPS) is 19.3. The van der Waals surface area contributed by atoms with Crippen LogP contribution in [0.3, 0.4) is 0 Å². The van der Waals surface area contributed by atoms with E-state index in [1.807, 2.05) is 18.9 Å². The van der Waals surface area contributed by atoms with Crippen molar-refractivity contribution in [3.05, 3.63) is 59.2 Å². The third-order valence-corrected chi connectivity index (χ3v) is 5.79. The summed E-state index contributed by atoms with van der Waals surface area (Å²) in [5, 5.41) is 11.2. The lowest BCUT2D eigenvalue weighted by atomic mass is 9.95. The Morgan fingerprint density at radius 1 is 1.18 bits per heavy atom. The number of ether oxygens (including phenoxy) is 2. The number of anilines is 1. The molecule has 1 N–H and O–H groups in total. The first-order valence-corrected chi connectivity index (χ1v) is 10.9. The summed E-state index contributed by atoms with van der Waals surface area (Å²) in [4.78, 5) is 40.6. The van der Waals surface area contributed by atoms with E-state index < -0.39 is 23.7 Å². The molecule has 1 fully saturated rings. The second-order valence-corrected chi connectivity index (χ2v) is 8.11. The number of carbonyl (C=O) groups is 3. The van der Waals surface area contributed by atoms with E-state index in [1.54, 1.807) is 42.5 Å². The standard InChI is InChI=1S/C25H26N2O6/c1-4-11-27-22(16-5-8-18(9-6-16)33-15(2)28)21(24(30)25(27)31)23(29)17-7-10-20-19(14-17)26(3)12-13-32-20/h5-10,14,22,29H,4,11-13H2,1-3H3/b23-21-. The van der Waals surface area contributed by atoms with Gasteiger partial charge in [0.25, 0.3) is 11.7 Å². The number of rotatable bonds is 5. The number of nitrogens with zero attached hydrogens (tertiary/aromatic N) is 2. The van der Waals surface area contributed by atoms with Crippen LogP contribution in [-0.4, -0.2) is 54.4 Å². The number of amides is 1. The zero-order valence-electron chi connectivity index (χ0n) is 18.8. The van der Waals surface area contributed by atoms with Gasteiger partial charge in [-0.05, 0) is 42.3 Å². The molecular weight excluding hydrogens is 424 g/mol. The largest absolute Gasteiger partial charge is 0.507 e. The number of benzene rings is 2. The fraction of sp³-hybridized carbons (Fsp3) is 0.320. The molecule has 2 aromatic rings. The van der Waals surface area contributed by atoms with Gasteiger partial charge in [-0.15, -0.1) is 0 Å². The van der Waals surface area contributed by atoms with Gasteiger partial charge in [0.1, 0.15) is 23.9 Å². The molecule has 4 rings (SSSR count). The average molecular weight is 450 g/mol. The first-order valence-electron chi connectivity index (χ1n) is 10.9.